The molecule has 34 heavy (non-hydrogen) atoms. The van der Waals surface area contributed by atoms with Crippen LogP contribution >= 0.6 is 0 Å². The van der Waals surface area contributed by atoms with Gasteiger partial charge in [0.2, 0.25) is 23.6 Å². The Balaban J connectivity index is 2.80. The third-order valence-electron chi connectivity index (χ3n) is 5.02. The lowest BCUT2D eigenvalue weighted by molar-refractivity contribution is -0.266. The van der Waals surface area contributed by atoms with E-state index in [0.29, 0.717) is 0 Å². The Morgan fingerprint density at radius 1 is 1.09 bits per heavy atom. The van der Waals surface area contributed by atoms with Gasteiger partial charge < -0.3 is 51.6 Å². The first-order chi connectivity index (χ1) is 15.8. The molecule has 1 aliphatic rings. The van der Waals surface area contributed by atoms with Gasteiger partial charge >= 0.3 is 5.97 Å². The molecule has 4 amide bonds. The number of aliphatic hydroxyl groups is 3. The number of nitrogens with one attached hydrogen (secondary N) is 3. The average Bonchev–Trinajstić information content (AvgIpc) is 2.74. The minimum Gasteiger partial charge on any atom is -0.480 e. The normalized spacial score (nSPS) is 27.1. The van der Waals surface area contributed by atoms with Crippen molar-refractivity contribution in [3.63, 3.8) is 0 Å². The highest BCUT2D eigenvalue weighted by Gasteiger charge is 2.47. The van der Waals surface area contributed by atoms with E-state index in [-0.39, 0.29) is 12.8 Å². The van der Waals surface area contributed by atoms with Gasteiger partial charge in [0, 0.05) is 13.3 Å². The van der Waals surface area contributed by atoms with Gasteiger partial charge in [0.05, 0.1) is 6.61 Å². The summed E-state index contributed by atoms with van der Waals surface area (Å²) in [4.78, 5) is 58.4. The fraction of sp³-hybridized carbons (Fsp3) is 0.737. The van der Waals surface area contributed by atoms with Gasteiger partial charge in [0.25, 0.3) is 0 Å². The van der Waals surface area contributed by atoms with E-state index in [0.717, 1.165) is 6.92 Å². The Kier molecular flexibility index (Phi) is 11.3. The summed E-state index contributed by atoms with van der Waals surface area (Å²) in [6.07, 6.45) is -7.62. The lowest BCUT2D eigenvalue weighted by Gasteiger charge is -2.43. The molecular formula is C19H32N4O11. The van der Waals surface area contributed by atoms with E-state index < -0.39 is 85.0 Å². The third-order valence-corrected chi connectivity index (χ3v) is 5.02. The molecule has 0 aromatic heterocycles. The summed E-state index contributed by atoms with van der Waals surface area (Å²) in [5.74, 6) is -4.39. The number of aliphatic carboxylic acids is 1. The topological polar surface area (TPSA) is 247 Å². The molecule has 15 heteroatoms. The van der Waals surface area contributed by atoms with Gasteiger partial charge in [-0.1, -0.05) is 0 Å². The number of nitrogens with two attached hydrogens (primary N) is 1. The highest BCUT2D eigenvalue weighted by atomic mass is 16.6. The van der Waals surface area contributed by atoms with Gasteiger partial charge in [0.1, 0.15) is 42.5 Å². The summed E-state index contributed by atoms with van der Waals surface area (Å²) < 4.78 is 10.6. The lowest BCUT2D eigenvalue weighted by Crippen LogP contribution is -2.65. The highest BCUT2D eigenvalue weighted by molar-refractivity contribution is 5.91. The van der Waals surface area contributed by atoms with Crippen LogP contribution in [-0.2, 0) is 33.4 Å². The van der Waals surface area contributed by atoms with Crippen molar-refractivity contribution in [2.45, 2.75) is 82.4 Å². The number of carboxylic acid groups (broad SMARTS) is 1. The van der Waals surface area contributed by atoms with Crippen molar-refractivity contribution >= 4 is 29.6 Å². The summed E-state index contributed by atoms with van der Waals surface area (Å²) in [5.41, 5.74) is 4.99. The molecule has 0 aromatic rings. The zero-order valence-electron chi connectivity index (χ0n) is 19.0. The number of ether oxygens (including phenoxy) is 2. The maximum absolute atomic E-state index is 12.5. The van der Waals surface area contributed by atoms with Crippen LogP contribution in [0.2, 0.25) is 0 Å². The Morgan fingerprint density at radius 3 is 2.21 bits per heavy atom. The van der Waals surface area contributed by atoms with E-state index in [2.05, 4.69) is 16.0 Å². The minimum absolute atomic E-state index is 0.239. The van der Waals surface area contributed by atoms with Gasteiger partial charge in [0.15, 0.2) is 6.29 Å². The predicted molar refractivity (Wildman–Crippen MR) is 112 cm³/mol. The van der Waals surface area contributed by atoms with Crippen LogP contribution in [0.5, 0.6) is 0 Å². The average molecular weight is 492 g/mol. The molecule has 0 radical (unpaired) electrons. The summed E-state index contributed by atoms with van der Waals surface area (Å²) in [5, 5.41) is 45.9. The van der Waals surface area contributed by atoms with Crippen LogP contribution in [-0.4, -0.2) is 105 Å². The quantitative estimate of drug-likeness (QED) is 0.129. The molecule has 8 atom stereocenters. The summed E-state index contributed by atoms with van der Waals surface area (Å²) in [6, 6.07) is -3.89. The molecule has 194 valence electrons. The second kappa shape index (κ2) is 13.1. The van der Waals surface area contributed by atoms with Crippen molar-refractivity contribution in [3.05, 3.63) is 0 Å². The van der Waals surface area contributed by atoms with E-state index in [9.17, 15) is 39.3 Å². The minimum atomic E-state index is -1.65. The molecule has 0 aliphatic carbocycles. The van der Waals surface area contributed by atoms with Crippen LogP contribution < -0.4 is 21.7 Å². The van der Waals surface area contributed by atoms with Crippen molar-refractivity contribution in [1.82, 2.24) is 16.0 Å². The van der Waals surface area contributed by atoms with Crippen molar-refractivity contribution < 1.29 is 53.9 Å². The largest absolute Gasteiger partial charge is 0.480 e. The van der Waals surface area contributed by atoms with Crippen molar-refractivity contribution in [2.24, 2.45) is 5.73 Å². The summed E-state index contributed by atoms with van der Waals surface area (Å²) in [7, 11) is 0. The van der Waals surface area contributed by atoms with Crippen LogP contribution in [0.4, 0.5) is 0 Å². The molecule has 1 saturated heterocycles. The smallest absolute Gasteiger partial charge is 0.326 e. The van der Waals surface area contributed by atoms with Gasteiger partial charge in [-0.3, -0.25) is 19.2 Å². The van der Waals surface area contributed by atoms with Crippen molar-refractivity contribution in [2.75, 3.05) is 6.61 Å². The first-order valence-corrected chi connectivity index (χ1v) is 10.4. The Bertz CT molecular complexity index is 765. The molecule has 1 aliphatic heterocycles. The van der Waals surface area contributed by atoms with Crippen molar-refractivity contribution in [3.8, 4) is 0 Å². The molecule has 0 spiro atoms. The number of rotatable bonds is 12. The van der Waals surface area contributed by atoms with Crippen LogP contribution in [0.1, 0.15) is 33.6 Å². The molecule has 0 aromatic carbocycles. The van der Waals surface area contributed by atoms with E-state index in [1.165, 1.54) is 13.8 Å². The van der Waals surface area contributed by atoms with E-state index in [4.69, 9.17) is 20.3 Å². The number of amides is 4. The first kappa shape index (κ1) is 29.2. The monoisotopic (exact) mass is 492 g/mol. The molecule has 0 saturated carbocycles. The molecule has 15 nitrogen and oxygen atoms in total. The second-order valence-corrected chi connectivity index (χ2v) is 7.84. The lowest BCUT2D eigenvalue weighted by atomic mass is 9.96. The van der Waals surface area contributed by atoms with Crippen LogP contribution in [0.15, 0.2) is 0 Å². The standard InChI is InChI=1S/C19H32N4O11/c1-7(16(28)23-10(18(30)31)4-5-12(20)26)21-17(29)8(2)33-15-13(22-9(3)25)19(32)34-11(6-24)14(15)27/h7-8,10-11,13-15,19,24,27,32H,4-6H2,1-3H3,(H2,20,26)(H,21,29)(H,22,25)(H,23,28)(H,30,31)/t7-,8?,10-,11+,13+,14+,15+,19-/m0/s1. The zero-order chi connectivity index (χ0) is 26.2. The number of aliphatic hydroxyl groups excluding tert-OH is 3. The van der Waals surface area contributed by atoms with Gasteiger partial charge in [-0.2, -0.15) is 0 Å². The van der Waals surface area contributed by atoms with E-state index >= 15 is 0 Å². The van der Waals surface area contributed by atoms with Crippen molar-refractivity contribution in [1.29, 1.82) is 0 Å². The fourth-order valence-electron chi connectivity index (χ4n) is 3.17. The van der Waals surface area contributed by atoms with E-state index in [1.807, 2.05) is 0 Å². The maximum Gasteiger partial charge on any atom is 0.326 e. The number of carbonyl (C=O) groups excluding carboxylic acids is 4. The molecule has 1 fully saturated rings. The molecule has 1 rings (SSSR count). The fourth-order valence-corrected chi connectivity index (χ4v) is 3.17. The SMILES string of the molecule is CC(=O)N[C@@H]1[C@@H](OC(C)C(=O)N[C@@H](C)C(=O)N[C@@H](CCC(N)=O)C(=O)O)[C@H](O)[C@@H](CO)O[C@@H]1O. The third kappa shape index (κ3) is 8.49. The maximum atomic E-state index is 12.5. The Hall–Kier alpha value is -2.85. The van der Waals surface area contributed by atoms with Crippen LogP contribution in [0.25, 0.3) is 0 Å². The number of hydrogen-bond donors (Lipinski definition) is 8. The number of carboxylic acids is 1. The van der Waals surface area contributed by atoms with Crippen LogP contribution in [0, 0.1) is 0 Å². The Morgan fingerprint density at radius 2 is 1.71 bits per heavy atom. The number of primary amides is 1. The van der Waals surface area contributed by atoms with Crippen LogP contribution in [0.3, 0.4) is 0 Å². The van der Waals surface area contributed by atoms with E-state index in [1.54, 1.807) is 0 Å². The molecule has 1 heterocycles. The van der Waals surface area contributed by atoms with Gasteiger partial charge in [-0.05, 0) is 20.3 Å². The second-order valence-electron chi connectivity index (χ2n) is 7.84. The summed E-state index contributed by atoms with van der Waals surface area (Å²) in [6.45, 7) is 3.03. The number of hydrogen-bond acceptors (Lipinski definition) is 10. The molecular weight excluding hydrogens is 460 g/mol. The molecule has 1 unspecified atom stereocenters. The zero-order valence-corrected chi connectivity index (χ0v) is 19.0. The highest BCUT2D eigenvalue weighted by Crippen LogP contribution is 2.23. The first-order valence-electron chi connectivity index (χ1n) is 10.4. The van der Waals surface area contributed by atoms with Gasteiger partial charge in [-0.15, -0.1) is 0 Å². The molecule has 0 bridgehead atoms. The molecule has 9 N–H and O–H groups in total. The number of carbonyl (C=O) groups is 5. The predicted octanol–water partition coefficient (Wildman–Crippen LogP) is -4.33. The summed E-state index contributed by atoms with van der Waals surface area (Å²) >= 11 is 0. The van der Waals surface area contributed by atoms with Gasteiger partial charge in [-0.25, -0.2) is 4.79 Å². The Labute approximate surface area is 195 Å².